The summed E-state index contributed by atoms with van der Waals surface area (Å²) in [5.41, 5.74) is 3.66. The van der Waals surface area contributed by atoms with Crippen LogP contribution in [-0.4, -0.2) is 61.4 Å². The van der Waals surface area contributed by atoms with E-state index < -0.39 is 42.5 Å². The zero-order valence-electron chi connectivity index (χ0n) is 12.5. The molecule has 0 spiro atoms. The molecule has 132 valence electrons. The van der Waals surface area contributed by atoms with Gasteiger partial charge in [-0.05, 0) is 0 Å². The number of nitrogens with zero attached hydrogens (tertiary/aromatic N) is 3. The van der Waals surface area contributed by atoms with Crippen LogP contribution >= 0.6 is 0 Å². The maximum absolute atomic E-state index is 14.0. The number of anilines is 1. The molecule has 1 saturated heterocycles. The van der Waals surface area contributed by atoms with Gasteiger partial charge in [-0.15, -0.1) is 0 Å². The van der Waals surface area contributed by atoms with Crippen LogP contribution in [0.2, 0.25) is 0 Å². The van der Waals surface area contributed by atoms with Gasteiger partial charge in [0.1, 0.15) is 18.9 Å². The van der Waals surface area contributed by atoms with Crippen LogP contribution in [0.4, 0.5) is 10.3 Å². The van der Waals surface area contributed by atoms with Crippen LogP contribution in [0.3, 0.4) is 0 Å². The quantitative estimate of drug-likeness (QED) is 0.480. The average Bonchev–Trinajstić information content (AvgIpc) is 2.96. The highest BCUT2D eigenvalue weighted by molar-refractivity contribution is 5.71. The molecule has 0 amide bonds. The molecule has 5 N–H and O–H groups in total. The van der Waals surface area contributed by atoms with Crippen LogP contribution in [0.1, 0.15) is 6.23 Å². The van der Waals surface area contributed by atoms with Crippen molar-refractivity contribution in [3.05, 3.63) is 20.8 Å². The maximum Gasteiger partial charge on any atom is 0.334 e. The number of ether oxygens (including phenoxy) is 2. The Bertz CT molecular complexity index is 875. The zero-order valence-corrected chi connectivity index (χ0v) is 12.5. The number of hydrogen-bond acceptors (Lipinski definition) is 8. The summed E-state index contributed by atoms with van der Waals surface area (Å²) in [5, 5.41) is 19.1. The van der Waals surface area contributed by atoms with Crippen LogP contribution in [0, 0.1) is 0 Å². The number of imidazole rings is 1. The Hall–Kier alpha value is -2.28. The molecule has 11 nitrogen and oxygen atoms in total. The van der Waals surface area contributed by atoms with Crippen molar-refractivity contribution in [2.24, 2.45) is 0 Å². The Morgan fingerprint density at radius 3 is 2.79 bits per heavy atom. The molecule has 0 unspecified atom stereocenters. The molecule has 2 aromatic heterocycles. The normalized spacial score (nSPS) is 27.2. The highest BCUT2D eigenvalue weighted by Crippen LogP contribution is 2.32. The first-order chi connectivity index (χ1) is 11.4. The first kappa shape index (κ1) is 16.6. The molecule has 1 aliphatic heterocycles. The van der Waals surface area contributed by atoms with E-state index in [1.165, 1.54) is 7.11 Å². The van der Waals surface area contributed by atoms with E-state index in [9.17, 15) is 19.1 Å². The molecule has 0 bridgehead atoms. The molecule has 0 aliphatic carbocycles. The number of methoxy groups -OCH3 is 1. The lowest BCUT2D eigenvalue weighted by Gasteiger charge is -2.15. The predicted molar refractivity (Wildman–Crippen MR) is 77.9 cm³/mol. The number of hydrogen-bond donors (Lipinski definition) is 4. The molecule has 4 atom stereocenters. The van der Waals surface area contributed by atoms with Crippen molar-refractivity contribution in [1.82, 2.24) is 19.1 Å². The van der Waals surface area contributed by atoms with Crippen molar-refractivity contribution < 1.29 is 24.1 Å². The molecule has 1 fully saturated rings. The van der Waals surface area contributed by atoms with E-state index in [0.29, 0.717) is 0 Å². The predicted octanol–water partition coefficient (Wildman–Crippen LogP) is -2.34. The summed E-state index contributed by atoms with van der Waals surface area (Å²) in [5.74, 6) is -0.265. The van der Waals surface area contributed by atoms with Gasteiger partial charge in [0.05, 0.1) is 6.61 Å². The third-order valence-electron chi connectivity index (χ3n) is 3.81. The van der Waals surface area contributed by atoms with Gasteiger partial charge in [-0.1, -0.05) is 0 Å². The van der Waals surface area contributed by atoms with Gasteiger partial charge in [-0.3, -0.25) is 14.3 Å². The third-order valence-corrected chi connectivity index (χ3v) is 3.81. The number of nitrogen functional groups attached to an aromatic ring is 1. The van der Waals surface area contributed by atoms with Gasteiger partial charge in [0.2, 0.25) is 5.95 Å². The SMILES string of the molecule is COCn1c(=O)n([C@@H]2O[C@H](CO)[C@@H](F)[C@H]2O)c2nc(N)[nH]c(=O)c21. The van der Waals surface area contributed by atoms with Crippen molar-refractivity contribution in [1.29, 1.82) is 0 Å². The molecule has 12 heteroatoms. The average molecular weight is 345 g/mol. The summed E-state index contributed by atoms with van der Waals surface area (Å²) in [7, 11) is 1.31. The molecule has 0 radical (unpaired) electrons. The van der Waals surface area contributed by atoms with Gasteiger partial charge < -0.3 is 25.4 Å². The lowest BCUT2D eigenvalue weighted by Crippen LogP contribution is -2.34. The molecule has 3 heterocycles. The van der Waals surface area contributed by atoms with Crippen LogP contribution in [0.15, 0.2) is 9.59 Å². The monoisotopic (exact) mass is 345 g/mol. The van der Waals surface area contributed by atoms with Crippen LogP contribution < -0.4 is 17.0 Å². The molecule has 24 heavy (non-hydrogen) atoms. The van der Waals surface area contributed by atoms with Crippen molar-refractivity contribution in [3.63, 3.8) is 0 Å². The number of fused-ring (bicyclic) bond motifs is 1. The number of aromatic amines is 1. The summed E-state index contributed by atoms with van der Waals surface area (Å²) >= 11 is 0. The fourth-order valence-corrected chi connectivity index (χ4v) is 2.75. The summed E-state index contributed by atoms with van der Waals surface area (Å²) in [6.07, 6.45) is -6.42. The van der Waals surface area contributed by atoms with E-state index in [4.69, 9.17) is 20.3 Å². The largest absolute Gasteiger partial charge is 0.394 e. The van der Waals surface area contributed by atoms with E-state index in [2.05, 4.69) is 9.97 Å². The first-order valence-electron chi connectivity index (χ1n) is 6.98. The summed E-state index contributed by atoms with van der Waals surface area (Å²) < 4.78 is 25.9. The van der Waals surface area contributed by atoms with Gasteiger partial charge in [0.15, 0.2) is 23.6 Å². The Kier molecular flexibility index (Phi) is 4.13. The minimum atomic E-state index is -1.91. The van der Waals surface area contributed by atoms with Crippen molar-refractivity contribution >= 4 is 17.1 Å². The van der Waals surface area contributed by atoms with Crippen molar-refractivity contribution in [3.8, 4) is 0 Å². The Balaban J connectivity index is 2.27. The topological polar surface area (TPSA) is 158 Å². The highest BCUT2D eigenvalue weighted by atomic mass is 19.1. The standard InChI is InChI=1S/C12H16FN5O6/c1-23-3-17-6-8(15-11(14)16-9(6)21)18(12(17)22)10-7(20)5(13)4(2-19)24-10/h4-5,7,10,19-20H,2-3H2,1H3,(H3,14,15,16,21)/t4-,5-,7-,10-/m1/s1. The molecular formula is C12H16FN5O6. The molecule has 0 aromatic carbocycles. The number of alkyl halides is 1. The number of nitrogens with two attached hydrogens (primary N) is 1. The van der Waals surface area contributed by atoms with E-state index in [-0.39, 0.29) is 23.8 Å². The van der Waals surface area contributed by atoms with E-state index in [1.807, 2.05) is 0 Å². The van der Waals surface area contributed by atoms with Gasteiger partial charge in [0, 0.05) is 7.11 Å². The number of rotatable bonds is 4. The van der Waals surface area contributed by atoms with E-state index >= 15 is 0 Å². The summed E-state index contributed by atoms with van der Waals surface area (Å²) in [4.78, 5) is 30.9. The van der Waals surface area contributed by atoms with Crippen LogP contribution in [0.5, 0.6) is 0 Å². The Morgan fingerprint density at radius 1 is 1.50 bits per heavy atom. The fourth-order valence-electron chi connectivity index (χ4n) is 2.75. The van der Waals surface area contributed by atoms with Gasteiger partial charge in [-0.2, -0.15) is 4.98 Å². The summed E-state index contributed by atoms with van der Waals surface area (Å²) in [6, 6.07) is 0. The fraction of sp³-hybridized carbons (Fsp3) is 0.583. The highest BCUT2D eigenvalue weighted by Gasteiger charge is 2.46. The number of nitrogens with one attached hydrogen (secondary N) is 1. The van der Waals surface area contributed by atoms with E-state index in [1.54, 1.807) is 0 Å². The van der Waals surface area contributed by atoms with Crippen molar-refractivity contribution in [2.75, 3.05) is 19.5 Å². The molecule has 3 rings (SSSR count). The maximum atomic E-state index is 14.0. The second-order valence-corrected chi connectivity index (χ2v) is 5.30. The van der Waals surface area contributed by atoms with Gasteiger partial charge >= 0.3 is 5.69 Å². The van der Waals surface area contributed by atoms with Crippen LogP contribution in [0.25, 0.3) is 11.2 Å². The minimum Gasteiger partial charge on any atom is -0.394 e. The molecule has 1 aliphatic rings. The van der Waals surface area contributed by atoms with Gasteiger partial charge in [0.25, 0.3) is 5.56 Å². The Morgan fingerprint density at radius 2 is 2.21 bits per heavy atom. The second-order valence-electron chi connectivity index (χ2n) is 5.30. The Labute approximate surface area is 133 Å². The minimum absolute atomic E-state index is 0.158. The van der Waals surface area contributed by atoms with E-state index in [0.717, 1.165) is 9.13 Å². The lowest BCUT2D eigenvalue weighted by molar-refractivity contribution is -0.0517. The zero-order chi connectivity index (χ0) is 17.6. The smallest absolute Gasteiger partial charge is 0.334 e. The molecule has 2 aromatic rings. The molecule has 0 saturated carbocycles. The van der Waals surface area contributed by atoms with Crippen molar-refractivity contribution in [2.45, 2.75) is 31.3 Å². The molecular weight excluding hydrogens is 329 g/mol. The number of aliphatic hydroxyl groups is 2. The van der Waals surface area contributed by atoms with Crippen LogP contribution in [-0.2, 0) is 16.2 Å². The first-order valence-corrected chi connectivity index (χ1v) is 6.98. The lowest BCUT2D eigenvalue weighted by atomic mass is 10.1. The summed E-state index contributed by atoms with van der Waals surface area (Å²) in [6.45, 7) is -0.960. The number of aliphatic hydroxyl groups excluding tert-OH is 2. The van der Waals surface area contributed by atoms with Gasteiger partial charge in [-0.25, -0.2) is 13.8 Å². The second kappa shape index (κ2) is 5.98. The number of halogens is 1. The third kappa shape index (κ3) is 2.31. The number of aromatic nitrogens is 4. The number of H-pyrrole nitrogens is 1.